The van der Waals surface area contributed by atoms with Crippen molar-refractivity contribution in [1.29, 1.82) is 0 Å². The van der Waals surface area contributed by atoms with Crippen LogP contribution in [0.4, 0.5) is 10.5 Å². The van der Waals surface area contributed by atoms with Crippen molar-refractivity contribution < 1.29 is 14.4 Å². The molecule has 6 nitrogen and oxygen atoms in total. The fourth-order valence-electron chi connectivity index (χ4n) is 1.85. The molecule has 100 valence electrons. The molecule has 1 aromatic rings. The van der Waals surface area contributed by atoms with Crippen molar-refractivity contribution >= 4 is 23.5 Å². The number of benzene rings is 1. The Morgan fingerprint density at radius 2 is 2.16 bits per heavy atom. The third-order valence-corrected chi connectivity index (χ3v) is 2.97. The summed E-state index contributed by atoms with van der Waals surface area (Å²) in [7, 11) is 1.43. The number of carbonyl (C=O) groups is 3. The van der Waals surface area contributed by atoms with E-state index >= 15 is 0 Å². The normalized spacial score (nSPS) is 18.4. The van der Waals surface area contributed by atoms with E-state index in [0.29, 0.717) is 17.7 Å². The Morgan fingerprint density at radius 1 is 1.42 bits per heavy atom. The van der Waals surface area contributed by atoms with Gasteiger partial charge in [0.15, 0.2) is 0 Å². The summed E-state index contributed by atoms with van der Waals surface area (Å²) in [5.74, 6) is -0.403. The summed E-state index contributed by atoms with van der Waals surface area (Å²) in [6, 6.07) is 5.80. The molecule has 6 heteroatoms. The first-order valence-corrected chi connectivity index (χ1v) is 6.00. The van der Waals surface area contributed by atoms with Gasteiger partial charge in [-0.15, -0.1) is 0 Å². The average Bonchev–Trinajstić information content (AvgIpc) is 2.67. The summed E-state index contributed by atoms with van der Waals surface area (Å²) in [4.78, 5) is 35.6. The van der Waals surface area contributed by atoms with Crippen LogP contribution in [0.5, 0.6) is 0 Å². The van der Waals surface area contributed by atoms with Gasteiger partial charge in [0.1, 0.15) is 6.04 Å². The summed E-state index contributed by atoms with van der Waals surface area (Å²) in [5, 5.41) is 5.31. The fourth-order valence-corrected chi connectivity index (χ4v) is 1.85. The highest BCUT2D eigenvalue weighted by Crippen LogP contribution is 2.23. The second-order valence-electron chi connectivity index (χ2n) is 4.31. The van der Waals surface area contributed by atoms with E-state index in [-0.39, 0.29) is 11.8 Å². The highest BCUT2D eigenvalue weighted by molar-refractivity contribution is 6.04. The predicted molar refractivity (Wildman–Crippen MR) is 69.4 cm³/mol. The van der Waals surface area contributed by atoms with Crippen LogP contribution < -0.4 is 10.6 Å². The van der Waals surface area contributed by atoms with Crippen molar-refractivity contribution in [2.45, 2.75) is 19.4 Å². The van der Waals surface area contributed by atoms with E-state index in [0.717, 1.165) is 4.90 Å². The van der Waals surface area contributed by atoms with E-state index in [4.69, 9.17) is 0 Å². The number of likely N-dealkylation sites (N-methyl/N-ethyl adjacent to an activating group) is 1. The van der Waals surface area contributed by atoms with Gasteiger partial charge in [-0.05, 0) is 17.7 Å². The van der Waals surface area contributed by atoms with Gasteiger partial charge in [-0.3, -0.25) is 14.5 Å². The van der Waals surface area contributed by atoms with Crippen molar-refractivity contribution in [2.24, 2.45) is 0 Å². The number of carbonyl (C=O) groups excluding carboxylic acids is 3. The molecular weight excluding hydrogens is 246 g/mol. The molecule has 0 aromatic heterocycles. The lowest BCUT2D eigenvalue weighted by molar-refractivity contribution is -0.126. The van der Waals surface area contributed by atoms with E-state index in [9.17, 15) is 14.4 Å². The maximum Gasteiger partial charge on any atom is 0.324 e. The second-order valence-corrected chi connectivity index (χ2v) is 4.31. The number of nitrogens with one attached hydrogen (secondary N) is 2. The Labute approximate surface area is 110 Å². The van der Waals surface area contributed by atoms with Crippen LogP contribution in [0, 0.1) is 0 Å². The number of urea groups is 1. The molecule has 0 aliphatic carbocycles. The van der Waals surface area contributed by atoms with E-state index in [1.165, 1.54) is 7.05 Å². The molecule has 0 bridgehead atoms. The molecule has 1 saturated heterocycles. The van der Waals surface area contributed by atoms with Gasteiger partial charge < -0.3 is 10.6 Å². The van der Waals surface area contributed by atoms with Gasteiger partial charge in [0, 0.05) is 19.2 Å². The molecule has 4 amide bonds. The van der Waals surface area contributed by atoms with Crippen molar-refractivity contribution in [2.75, 3.05) is 12.4 Å². The minimum Gasteiger partial charge on any atom is -0.326 e. The average molecular weight is 261 g/mol. The molecule has 0 saturated carbocycles. The zero-order chi connectivity index (χ0) is 14.0. The lowest BCUT2D eigenvalue weighted by Gasteiger charge is -2.10. The number of imide groups is 1. The van der Waals surface area contributed by atoms with Gasteiger partial charge in [0.25, 0.3) is 5.91 Å². The van der Waals surface area contributed by atoms with Crippen molar-refractivity contribution in [3.05, 3.63) is 29.8 Å². The molecule has 1 aromatic carbocycles. The zero-order valence-corrected chi connectivity index (χ0v) is 10.8. The first-order chi connectivity index (χ1) is 9.02. The molecule has 2 rings (SSSR count). The first kappa shape index (κ1) is 13.1. The Kier molecular flexibility index (Phi) is 3.50. The summed E-state index contributed by atoms with van der Waals surface area (Å²) in [6.45, 7) is 1.76. The van der Waals surface area contributed by atoms with E-state index < -0.39 is 12.1 Å². The zero-order valence-electron chi connectivity index (χ0n) is 10.8. The number of hydrogen-bond donors (Lipinski definition) is 2. The molecule has 2 N–H and O–H groups in total. The van der Waals surface area contributed by atoms with Crippen LogP contribution >= 0.6 is 0 Å². The molecule has 1 unspecified atom stereocenters. The predicted octanol–water partition coefficient (Wildman–Crippen LogP) is 1.26. The number of anilines is 1. The Hall–Kier alpha value is -2.37. The van der Waals surface area contributed by atoms with Crippen LogP contribution in [0.2, 0.25) is 0 Å². The molecule has 1 aliphatic heterocycles. The highest BCUT2D eigenvalue weighted by atomic mass is 16.2. The number of rotatable bonds is 3. The highest BCUT2D eigenvalue weighted by Gasteiger charge is 2.36. The van der Waals surface area contributed by atoms with E-state index in [1.54, 1.807) is 31.2 Å². The molecule has 19 heavy (non-hydrogen) atoms. The maximum absolute atomic E-state index is 11.9. The number of hydrogen-bond acceptors (Lipinski definition) is 3. The van der Waals surface area contributed by atoms with Crippen LogP contribution in [0.25, 0.3) is 0 Å². The van der Waals surface area contributed by atoms with Crippen LogP contribution in [0.1, 0.15) is 24.9 Å². The van der Waals surface area contributed by atoms with Gasteiger partial charge >= 0.3 is 6.03 Å². The topological polar surface area (TPSA) is 78.5 Å². The van der Waals surface area contributed by atoms with Gasteiger partial charge in [-0.25, -0.2) is 4.79 Å². The van der Waals surface area contributed by atoms with Crippen LogP contribution in [0.15, 0.2) is 24.3 Å². The lowest BCUT2D eigenvalue weighted by Crippen LogP contribution is -2.25. The van der Waals surface area contributed by atoms with Crippen LogP contribution in [-0.4, -0.2) is 29.8 Å². The van der Waals surface area contributed by atoms with Gasteiger partial charge in [0.2, 0.25) is 5.91 Å². The number of nitrogens with zero attached hydrogens (tertiary/aromatic N) is 1. The van der Waals surface area contributed by atoms with Gasteiger partial charge in [0.05, 0.1) is 0 Å². The lowest BCUT2D eigenvalue weighted by atomic mass is 10.1. The Balaban J connectivity index is 2.22. The SMILES string of the molecule is CCC(=O)Nc1cccc(C2NC(=O)N(C)C2=O)c1. The molecule has 1 aliphatic rings. The summed E-state index contributed by atoms with van der Waals surface area (Å²) in [6.07, 6.45) is 0.381. The van der Waals surface area contributed by atoms with Crippen molar-refractivity contribution in [1.82, 2.24) is 10.2 Å². The van der Waals surface area contributed by atoms with Crippen LogP contribution in [0.3, 0.4) is 0 Å². The Morgan fingerprint density at radius 3 is 2.74 bits per heavy atom. The maximum atomic E-state index is 11.9. The monoisotopic (exact) mass is 261 g/mol. The van der Waals surface area contributed by atoms with E-state index in [2.05, 4.69) is 10.6 Å². The quantitative estimate of drug-likeness (QED) is 0.804. The molecule has 1 atom stereocenters. The van der Waals surface area contributed by atoms with Gasteiger partial charge in [-0.1, -0.05) is 19.1 Å². The molecular formula is C13H15N3O3. The fraction of sp³-hybridized carbons (Fsp3) is 0.308. The third kappa shape index (κ3) is 2.57. The summed E-state index contributed by atoms with van der Waals surface area (Å²) >= 11 is 0. The largest absolute Gasteiger partial charge is 0.326 e. The standard InChI is InChI=1S/C13H15N3O3/c1-3-10(17)14-9-6-4-5-8(7-9)11-12(18)16(2)13(19)15-11/h4-7,11H,3H2,1-2H3,(H,14,17)(H,15,19). The molecule has 1 heterocycles. The molecule has 0 spiro atoms. The number of amides is 4. The summed E-state index contributed by atoms with van der Waals surface area (Å²) < 4.78 is 0. The first-order valence-electron chi connectivity index (χ1n) is 6.00. The Bertz CT molecular complexity index is 542. The van der Waals surface area contributed by atoms with Gasteiger partial charge in [-0.2, -0.15) is 0 Å². The minimum atomic E-state index is -0.684. The summed E-state index contributed by atoms with van der Waals surface area (Å²) in [5.41, 5.74) is 1.26. The minimum absolute atomic E-state index is 0.101. The van der Waals surface area contributed by atoms with E-state index in [1.807, 2.05) is 0 Å². The molecule has 1 fully saturated rings. The third-order valence-electron chi connectivity index (χ3n) is 2.97. The van der Waals surface area contributed by atoms with Crippen molar-refractivity contribution in [3.63, 3.8) is 0 Å². The molecule has 0 radical (unpaired) electrons. The second kappa shape index (κ2) is 5.09. The van der Waals surface area contributed by atoms with Crippen LogP contribution in [-0.2, 0) is 9.59 Å². The smallest absolute Gasteiger partial charge is 0.324 e. The van der Waals surface area contributed by atoms with Crippen molar-refractivity contribution in [3.8, 4) is 0 Å².